The van der Waals surface area contributed by atoms with Gasteiger partial charge in [0.05, 0.1) is 12.6 Å². The van der Waals surface area contributed by atoms with Gasteiger partial charge >= 0.3 is 0 Å². The SMILES string of the molecule is Cc1noc([C@@H]2CC[C@H](CNC(=NCc3ccccc3)N(C)C)O2)n1. The van der Waals surface area contributed by atoms with Gasteiger partial charge in [0, 0.05) is 20.6 Å². The molecule has 2 heterocycles. The van der Waals surface area contributed by atoms with E-state index >= 15 is 0 Å². The molecule has 3 rings (SSSR count). The van der Waals surface area contributed by atoms with Gasteiger partial charge in [0.15, 0.2) is 11.8 Å². The molecule has 0 saturated carbocycles. The van der Waals surface area contributed by atoms with Crippen molar-refractivity contribution >= 4 is 5.96 Å². The molecule has 0 spiro atoms. The van der Waals surface area contributed by atoms with Crippen LogP contribution in [0, 0.1) is 6.92 Å². The van der Waals surface area contributed by atoms with Crippen molar-refractivity contribution in [3.63, 3.8) is 0 Å². The van der Waals surface area contributed by atoms with Crippen molar-refractivity contribution in [3.8, 4) is 0 Å². The van der Waals surface area contributed by atoms with Gasteiger partial charge in [-0.25, -0.2) is 4.99 Å². The van der Waals surface area contributed by atoms with Crippen molar-refractivity contribution in [2.24, 2.45) is 4.99 Å². The van der Waals surface area contributed by atoms with E-state index in [1.54, 1.807) is 0 Å². The number of nitrogens with zero attached hydrogens (tertiary/aromatic N) is 4. The highest BCUT2D eigenvalue weighted by Crippen LogP contribution is 2.31. The zero-order valence-electron chi connectivity index (χ0n) is 15.0. The van der Waals surface area contributed by atoms with E-state index in [-0.39, 0.29) is 12.2 Å². The lowest BCUT2D eigenvalue weighted by Gasteiger charge is -2.20. The standard InChI is InChI=1S/C18H25N5O2/c1-13-21-17(25-22-13)16-10-9-15(24-16)12-20-18(23(2)3)19-11-14-7-5-4-6-8-14/h4-8,15-16H,9-12H2,1-3H3,(H,19,20)/t15-,16+/m1/s1. The number of aliphatic imine (C=N–C) groups is 1. The summed E-state index contributed by atoms with van der Waals surface area (Å²) in [6.45, 7) is 3.17. The van der Waals surface area contributed by atoms with Crippen LogP contribution in [0.4, 0.5) is 0 Å². The number of aryl methyl sites for hydroxylation is 1. The van der Waals surface area contributed by atoms with Gasteiger partial charge in [0.25, 0.3) is 5.89 Å². The van der Waals surface area contributed by atoms with Gasteiger partial charge < -0.3 is 19.5 Å². The predicted octanol–water partition coefficient (Wildman–Crippen LogP) is 2.31. The normalized spacial score (nSPS) is 20.7. The van der Waals surface area contributed by atoms with Crippen molar-refractivity contribution < 1.29 is 9.26 Å². The molecule has 7 nitrogen and oxygen atoms in total. The second-order valence-corrected chi connectivity index (χ2v) is 6.40. The van der Waals surface area contributed by atoms with Crippen molar-refractivity contribution in [2.75, 3.05) is 20.6 Å². The third-order valence-electron chi connectivity index (χ3n) is 4.09. The molecule has 1 aliphatic heterocycles. The molecule has 1 N–H and O–H groups in total. The molecule has 7 heteroatoms. The van der Waals surface area contributed by atoms with E-state index < -0.39 is 0 Å². The van der Waals surface area contributed by atoms with E-state index in [0.717, 1.165) is 18.8 Å². The summed E-state index contributed by atoms with van der Waals surface area (Å²) in [6, 6.07) is 10.2. The molecule has 0 aliphatic carbocycles. The van der Waals surface area contributed by atoms with Gasteiger partial charge in [-0.15, -0.1) is 0 Å². The highest BCUT2D eigenvalue weighted by molar-refractivity contribution is 5.79. The molecule has 1 aromatic heterocycles. The summed E-state index contributed by atoms with van der Waals surface area (Å²) in [5.41, 5.74) is 1.19. The molecular formula is C18H25N5O2. The summed E-state index contributed by atoms with van der Waals surface area (Å²) in [5.74, 6) is 2.07. The quantitative estimate of drug-likeness (QED) is 0.663. The zero-order chi connectivity index (χ0) is 17.6. The van der Waals surface area contributed by atoms with E-state index in [9.17, 15) is 0 Å². The Kier molecular flexibility index (Phi) is 5.65. The smallest absolute Gasteiger partial charge is 0.255 e. The first kappa shape index (κ1) is 17.4. The first-order chi connectivity index (χ1) is 12.1. The van der Waals surface area contributed by atoms with Gasteiger partial charge in [0.2, 0.25) is 0 Å². The second-order valence-electron chi connectivity index (χ2n) is 6.40. The molecule has 0 amide bonds. The van der Waals surface area contributed by atoms with E-state index in [0.29, 0.717) is 24.8 Å². The highest BCUT2D eigenvalue weighted by Gasteiger charge is 2.30. The van der Waals surface area contributed by atoms with E-state index in [2.05, 4.69) is 32.6 Å². The van der Waals surface area contributed by atoms with Crippen LogP contribution in [0.3, 0.4) is 0 Å². The van der Waals surface area contributed by atoms with Crippen LogP contribution < -0.4 is 5.32 Å². The third-order valence-corrected chi connectivity index (χ3v) is 4.09. The average Bonchev–Trinajstić information content (AvgIpc) is 3.24. The zero-order valence-corrected chi connectivity index (χ0v) is 15.0. The minimum absolute atomic E-state index is 0.0999. The van der Waals surface area contributed by atoms with Crippen LogP contribution in [0.2, 0.25) is 0 Å². The lowest BCUT2D eigenvalue weighted by molar-refractivity contribution is 0.0283. The van der Waals surface area contributed by atoms with Gasteiger partial charge in [-0.2, -0.15) is 4.98 Å². The number of hydrogen-bond acceptors (Lipinski definition) is 5. The summed E-state index contributed by atoms with van der Waals surface area (Å²) in [6.07, 6.45) is 1.86. The van der Waals surface area contributed by atoms with Crippen LogP contribution in [-0.2, 0) is 11.3 Å². The number of benzene rings is 1. The van der Waals surface area contributed by atoms with Gasteiger partial charge in [-0.1, -0.05) is 35.5 Å². The Morgan fingerprint density at radius 1 is 1.28 bits per heavy atom. The van der Waals surface area contributed by atoms with Crippen LogP contribution in [0.5, 0.6) is 0 Å². The molecule has 1 saturated heterocycles. The van der Waals surface area contributed by atoms with E-state index in [4.69, 9.17) is 9.26 Å². The van der Waals surface area contributed by atoms with Gasteiger partial charge in [0.1, 0.15) is 6.10 Å². The number of hydrogen-bond donors (Lipinski definition) is 1. The summed E-state index contributed by atoms with van der Waals surface area (Å²) in [4.78, 5) is 10.9. The van der Waals surface area contributed by atoms with Crippen LogP contribution in [0.1, 0.15) is 36.2 Å². The maximum Gasteiger partial charge on any atom is 0.255 e. The number of rotatable bonds is 5. The average molecular weight is 343 g/mol. The highest BCUT2D eigenvalue weighted by atomic mass is 16.5. The minimum atomic E-state index is -0.0999. The maximum atomic E-state index is 6.02. The fourth-order valence-electron chi connectivity index (χ4n) is 2.79. The predicted molar refractivity (Wildman–Crippen MR) is 95.2 cm³/mol. The molecule has 1 fully saturated rings. The van der Waals surface area contributed by atoms with Crippen molar-refractivity contribution in [2.45, 2.75) is 38.5 Å². The maximum absolute atomic E-state index is 6.02. The van der Waals surface area contributed by atoms with Gasteiger partial charge in [-0.3, -0.25) is 0 Å². The largest absolute Gasteiger partial charge is 0.363 e. The molecule has 1 aliphatic rings. The summed E-state index contributed by atoms with van der Waals surface area (Å²) in [5, 5.41) is 7.22. The molecule has 0 bridgehead atoms. The van der Waals surface area contributed by atoms with Crippen molar-refractivity contribution in [3.05, 3.63) is 47.6 Å². The number of aromatic nitrogens is 2. The van der Waals surface area contributed by atoms with E-state index in [1.165, 1.54) is 5.56 Å². The van der Waals surface area contributed by atoms with Crippen molar-refractivity contribution in [1.82, 2.24) is 20.4 Å². The fraction of sp³-hybridized carbons (Fsp3) is 0.500. The summed E-state index contributed by atoms with van der Waals surface area (Å²) < 4.78 is 11.2. The fourth-order valence-corrected chi connectivity index (χ4v) is 2.79. The molecule has 1 aromatic carbocycles. The molecule has 25 heavy (non-hydrogen) atoms. The number of nitrogens with one attached hydrogen (secondary N) is 1. The topological polar surface area (TPSA) is 75.8 Å². The Morgan fingerprint density at radius 2 is 2.08 bits per heavy atom. The molecule has 0 radical (unpaired) electrons. The summed E-state index contributed by atoms with van der Waals surface area (Å²) >= 11 is 0. The first-order valence-electron chi connectivity index (χ1n) is 8.57. The monoisotopic (exact) mass is 343 g/mol. The van der Waals surface area contributed by atoms with Crippen LogP contribution in [0.25, 0.3) is 0 Å². The first-order valence-corrected chi connectivity index (χ1v) is 8.57. The second kappa shape index (κ2) is 8.11. The Hall–Kier alpha value is -2.41. The van der Waals surface area contributed by atoms with Crippen LogP contribution in [-0.4, -0.2) is 47.7 Å². The van der Waals surface area contributed by atoms with E-state index in [1.807, 2.05) is 44.1 Å². The molecule has 0 unspecified atom stereocenters. The molecular weight excluding hydrogens is 318 g/mol. The Morgan fingerprint density at radius 3 is 2.76 bits per heavy atom. The Labute approximate surface area is 148 Å². The Balaban J connectivity index is 1.52. The molecule has 134 valence electrons. The Bertz CT molecular complexity index is 699. The molecule has 2 aromatic rings. The lowest BCUT2D eigenvalue weighted by Crippen LogP contribution is -2.40. The third kappa shape index (κ3) is 4.79. The molecule has 2 atom stereocenters. The van der Waals surface area contributed by atoms with Crippen LogP contribution in [0.15, 0.2) is 39.8 Å². The van der Waals surface area contributed by atoms with Crippen molar-refractivity contribution in [1.29, 1.82) is 0 Å². The minimum Gasteiger partial charge on any atom is -0.363 e. The van der Waals surface area contributed by atoms with Crippen LogP contribution >= 0.6 is 0 Å². The number of ether oxygens (including phenoxy) is 1. The lowest BCUT2D eigenvalue weighted by atomic mass is 10.2. The number of guanidine groups is 1. The van der Waals surface area contributed by atoms with Gasteiger partial charge in [-0.05, 0) is 25.3 Å². The summed E-state index contributed by atoms with van der Waals surface area (Å²) in [7, 11) is 3.96.